The molecule has 8 nitrogen and oxygen atoms in total. The molecule has 1 aromatic rings. The fourth-order valence-electron chi connectivity index (χ4n) is 3.38. The van der Waals surface area contributed by atoms with E-state index in [0.29, 0.717) is 31.9 Å². The van der Waals surface area contributed by atoms with Gasteiger partial charge in [-0.25, -0.2) is 0 Å². The van der Waals surface area contributed by atoms with E-state index >= 15 is 0 Å². The summed E-state index contributed by atoms with van der Waals surface area (Å²) >= 11 is 0. The quantitative estimate of drug-likeness (QED) is 0.876. The van der Waals surface area contributed by atoms with Crippen molar-refractivity contribution >= 4 is 11.9 Å². The number of morpholine rings is 1. The number of carbonyl (C=O) groups excluding carboxylic acids is 1. The molecule has 132 valence electrons. The van der Waals surface area contributed by atoms with Crippen molar-refractivity contribution in [2.45, 2.75) is 38.3 Å². The van der Waals surface area contributed by atoms with Crippen LogP contribution in [0.3, 0.4) is 0 Å². The Morgan fingerprint density at radius 3 is 2.75 bits per heavy atom. The van der Waals surface area contributed by atoms with Gasteiger partial charge in [0.15, 0.2) is 0 Å². The zero-order valence-corrected chi connectivity index (χ0v) is 13.8. The smallest absolute Gasteiger partial charge is 0.305 e. The van der Waals surface area contributed by atoms with E-state index in [-0.39, 0.29) is 25.0 Å². The van der Waals surface area contributed by atoms with Crippen molar-refractivity contribution < 1.29 is 24.2 Å². The van der Waals surface area contributed by atoms with E-state index in [4.69, 9.17) is 14.6 Å². The van der Waals surface area contributed by atoms with Crippen LogP contribution in [0, 0.1) is 6.92 Å². The number of aliphatic carboxylic acids is 1. The van der Waals surface area contributed by atoms with Crippen molar-refractivity contribution in [1.29, 1.82) is 0 Å². The fraction of sp³-hybridized carbons (Fsp3) is 0.688. The molecule has 3 rings (SSSR count). The lowest BCUT2D eigenvalue weighted by molar-refractivity contribution is -0.139. The molecular weight excluding hydrogens is 314 g/mol. The number of hydrogen-bond donors (Lipinski definition) is 1. The zero-order chi connectivity index (χ0) is 17.1. The van der Waals surface area contributed by atoms with E-state index in [1.165, 1.54) is 0 Å². The monoisotopic (exact) mass is 337 g/mol. The molecule has 3 heterocycles. The molecule has 1 N–H and O–H groups in total. The number of carboxylic acid groups (broad SMARTS) is 1. The first-order valence-electron chi connectivity index (χ1n) is 8.30. The van der Waals surface area contributed by atoms with E-state index in [0.717, 1.165) is 18.5 Å². The normalized spacial score (nSPS) is 22.5. The molecule has 0 radical (unpaired) electrons. The second-order valence-electron chi connectivity index (χ2n) is 6.26. The van der Waals surface area contributed by atoms with Gasteiger partial charge in [-0.15, -0.1) is 0 Å². The Hall–Kier alpha value is -1.93. The van der Waals surface area contributed by atoms with Crippen LogP contribution in [0.15, 0.2) is 6.20 Å². The topological polar surface area (TPSA) is 93.9 Å². The third-order valence-corrected chi connectivity index (χ3v) is 4.71. The number of ether oxygens (including phenoxy) is 2. The van der Waals surface area contributed by atoms with Gasteiger partial charge in [-0.05, 0) is 19.8 Å². The second kappa shape index (κ2) is 7.31. The Morgan fingerprint density at radius 2 is 2.04 bits per heavy atom. The number of aromatic nitrogens is 2. The van der Waals surface area contributed by atoms with Gasteiger partial charge in [-0.3, -0.25) is 14.3 Å². The lowest BCUT2D eigenvalue weighted by atomic mass is 10.1. The molecule has 2 aliphatic heterocycles. The first-order valence-corrected chi connectivity index (χ1v) is 8.30. The van der Waals surface area contributed by atoms with E-state index in [1.54, 1.807) is 11.1 Å². The van der Waals surface area contributed by atoms with Gasteiger partial charge in [-0.1, -0.05) is 0 Å². The van der Waals surface area contributed by atoms with Crippen LogP contribution < -0.4 is 0 Å². The number of rotatable bonds is 4. The minimum absolute atomic E-state index is 0.112. The van der Waals surface area contributed by atoms with E-state index < -0.39 is 12.0 Å². The number of hydrogen-bond acceptors (Lipinski definition) is 5. The number of carbonyl (C=O) groups is 2. The molecule has 0 spiro atoms. The van der Waals surface area contributed by atoms with Gasteiger partial charge in [0.1, 0.15) is 0 Å². The van der Waals surface area contributed by atoms with Crippen LogP contribution in [-0.2, 0) is 14.3 Å². The Bertz CT molecular complexity index is 609. The fourth-order valence-corrected chi connectivity index (χ4v) is 3.38. The summed E-state index contributed by atoms with van der Waals surface area (Å²) in [6, 6.07) is -0.186. The molecule has 24 heavy (non-hydrogen) atoms. The maximum atomic E-state index is 12.9. The standard InChI is InChI=1S/C16H23N3O5/c1-11-14(9-17-19(11)12-2-5-23-6-3-12)16(22)18-4-7-24-10-13(18)8-15(20)21/h9,12-13H,2-8,10H2,1H3,(H,20,21). The van der Waals surface area contributed by atoms with Crippen LogP contribution in [-0.4, -0.2) is 70.7 Å². The van der Waals surface area contributed by atoms with E-state index in [9.17, 15) is 9.59 Å². The van der Waals surface area contributed by atoms with Crippen LogP contribution in [0.2, 0.25) is 0 Å². The predicted octanol–water partition coefficient (Wildman–Crippen LogP) is 0.859. The summed E-state index contributed by atoms with van der Waals surface area (Å²) in [6.07, 6.45) is 3.25. The highest BCUT2D eigenvalue weighted by molar-refractivity contribution is 5.95. The molecule has 0 aromatic carbocycles. The molecule has 0 bridgehead atoms. The average Bonchev–Trinajstić information content (AvgIpc) is 2.96. The molecule has 1 unspecified atom stereocenters. The van der Waals surface area contributed by atoms with Crippen molar-refractivity contribution in [2.75, 3.05) is 33.0 Å². The molecule has 0 saturated carbocycles. The summed E-state index contributed by atoms with van der Waals surface area (Å²) in [7, 11) is 0. The van der Waals surface area contributed by atoms with Crippen LogP contribution in [0.5, 0.6) is 0 Å². The number of amides is 1. The van der Waals surface area contributed by atoms with Gasteiger partial charge >= 0.3 is 5.97 Å². The van der Waals surface area contributed by atoms with Crippen molar-refractivity contribution in [3.05, 3.63) is 17.5 Å². The average molecular weight is 337 g/mol. The Balaban J connectivity index is 1.78. The van der Waals surface area contributed by atoms with Gasteiger partial charge < -0.3 is 19.5 Å². The molecule has 2 fully saturated rings. The van der Waals surface area contributed by atoms with Gasteiger partial charge in [-0.2, -0.15) is 5.10 Å². The summed E-state index contributed by atoms with van der Waals surface area (Å²) in [5, 5.41) is 13.5. The summed E-state index contributed by atoms with van der Waals surface area (Å²) < 4.78 is 12.6. The third kappa shape index (κ3) is 3.44. The lowest BCUT2D eigenvalue weighted by Gasteiger charge is -2.34. The highest BCUT2D eigenvalue weighted by atomic mass is 16.5. The number of nitrogens with zero attached hydrogens (tertiary/aromatic N) is 3. The minimum atomic E-state index is -0.932. The molecule has 2 saturated heterocycles. The first-order chi connectivity index (χ1) is 11.6. The van der Waals surface area contributed by atoms with Crippen molar-refractivity contribution in [3.8, 4) is 0 Å². The van der Waals surface area contributed by atoms with Crippen LogP contribution in [0.25, 0.3) is 0 Å². The molecule has 8 heteroatoms. The lowest BCUT2D eigenvalue weighted by Crippen LogP contribution is -2.49. The van der Waals surface area contributed by atoms with E-state index in [2.05, 4.69) is 5.10 Å². The highest BCUT2D eigenvalue weighted by Crippen LogP contribution is 2.24. The molecule has 2 aliphatic rings. The van der Waals surface area contributed by atoms with Gasteiger partial charge in [0.25, 0.3) is 5.91 Å². The van der Waals surface area contributed by atoms with Gasteiger partial charge in [0.05, 0.1) is 43.5 Å². The number of carboxylic acids is 1. The largest absolute Gasteiger partial charge is 0.481 e. The highest BCUT2D eigenvalue weighted by Gasteiger charge is 2.32. The summed E-state index contributed by atoms with van der Waals surface area (Å²) in [6.45, 7) is 4.38. The van der Waals surface area contributed by atoms with Crippen molar-refractivity contribution in [2.24, 2.45) is 0 Å². The van der Waals surface area contributed by atoms with Gasteiger partial charge in [0, 0.05) is 25.5 Å². The molecular formula is C16H23N3O5. The van der Waals surface area contributed by atoms with Crippen LogP contribution >= 0.6 is 0 Å². The Morgan fingerprint density at radius 1 is 1.29 bits per heavy atom. The molecule has 1 amide bonds. The third-order valence-electron chi connectivity index (χ3n) is 4.71. The first kappa shape index (κ1) is 16.9. The maximum Gasteiger partial charge on any atom is 0.305 e. The zero-order valence-electron chi connectivity index (χ0n) is 13.8. The van der Waals surface area contributed by atoms with Crippen LogP contribution in [0.1, 0.15) is 41.4 Å². The molecule has 1 aromatic heterocycles. The summed E-state index contributed by atoms with van der Waals surface area (Å²) in [4.78, 5) is 25.5. The van der Waals surface area contributed by atoms with Gasteiger partial charge in [0.2, 0.25) is 0 Å². The second-order valence-corrected chi connectivity index (χ2v) is 6.26. The predicted molar refractivity (Wildman–Crippen MR) is 84.0 cm³/mol. The maximum absolute atomic E-state index is 12.9. The SMILES string of the molecule is Cc1c(C(=O)N2CCOCC2CC(=O)O)cnn1C1CCOCC1. The van der Waals surface area contributed by atoms with Crippen molar-refractivity contribution in [3.63, 3.8) is 0 Å². The molecule has 1 atom stereocenters. The van der Waals surface area contributed by atoms with E-state index in [1.807, 2.05) is 11.6 Å². The summed E-state index contributed by atoms with van der Waals surface area (Å²) in [5.41, 5.74) is 1.37. The summed E-state index contributed by atoms with van der Waals surface area (Å²) in [5.74, 6) is -1.10. The molecule has 0 aliphatic carbocycles. The Kier molecular flexibility index (Phi) is 5.15. The van der Waals surface area contributed by atoms with Crippen molar-refractivity contribution in [1.82, 2.24) is 14.7 Å². The minimum Gasteiger partial charge on any atom is -0.481 e. The Labute approximate surface area is 140 Å². The van der Waals surface area contributed by atoms with Crippen LogP contribution in [0.4, 0.5) is 0 Å².